The van der Waals surface area contributed by atoms with E-state index in [4.69, 9.17) is 21.7 Å². The van der Waals surface area contributed by atoms with Crippen LogP contribution in [0.25, 0.3) is 4.98 Å². The normalized spacial score (nSPS) is 9.84. The summed E-state index contributed by atoms with van der Waals surface area (Å²) in [6, 6.07) is 13.8. The van der Waals surface area contributed by atoms with Gasteiger partial charge in [0.15, 0.2) is 4.98 Å². The van der Waals surface area contributed by atoms with E-state index >= 15 is 0 Å². The molecule has 4 nitrogen and oxygen atoms in total. The summed E-state index contributed by atoms with van der Waals surface area (Å²) in [4.78, 5) is 6.69. The van der Waals surface area contributed by atoms with Crippen LogP contribution in [0, 0.1) is 5.39 Å². The summed E-state index contributed by atoms with van der Waals surface area (Å²) < 4.78 is 5.42. The number of thioether (sulfide) groups is 1. The van der Waals surface area contributed by atoms with Gasteiger partial charge in [0.1, 0.15) is 10.8 Å². The molecule has 0 aromatic heterocycles. The molecule has 0 radical (unpaired) electrons. The maximum Gasteiger partial charge on any atom is 0.407 e. The van der Waals surface area contributed by atoms with Crippen LogP contribution in [-0.2, 0) is 0 Å². The molecule has 2 aromatic rings. The van der Waals surface area contributed by atoms with E-state index in [0.29, 0.717) is 16.5 Å². The Morgan fingerprint density at radius 2 is 1.96 bits per heavy atom. The molecule has 0 spiro atoms. The fraction of sp³-hybridized carbons (Fsp3) is 0.333. The van der Waals surface area contributed by atoms with Gasteiger partial charge in [-0.15, -0.1) is 11.8 Å². The number of anilines is 1. The summed E-state index contributed by atoms with van der Waals surface area (Å²) in [6.07, 6.45) is 1.04. The fourth-order valence-electron chi connectivity index (χ4n) is 2.43. The third-order valence-corrected chi connectivity index (χ3v) is 5.06. The molecule has 0 bridgehead atoms. The summed E-state index contributed by atoms with van der Waals surface area (Å²) in [5, 5.41) is 9.38. The molecule has 0 N–H and O–H groups in total. The van der Waals surface area contributed by atoms with Crippen molar-refractivity contribution < 1.29 is 17.1 Å². The lowest BCUT2D eigenvalue weighted by molar-refractivity contribution is -0.00000527. The highest BCUT2D eigenvalue weighted by Crippen LogP contribution is 2.38. The number of diazo groups is 1. The van der Waals surface area contributed by atoms with Crippen molar-refractivity contribution in [2.24, 2.45) is 0 Å². The SMILES string of the molecule is CCN(CCCSc1ccccc1)c1cc(Cl)c([N+]#N)cc1OC.[Cl-]. The van der Waals surface area contributed by atoms with Crippen molar-refractivity contribution >= 4 is 34.7 Å². The van der Waals surface area contributed by atoms with Crippen LogP contribution in [0.1, 0.15) is 13.3 Å². The number of ether oxygens (including phenoxy) is 1. The molecule has 0 saturated carbocycles. The van der Waals surface area contributed by atoms with E-state index < -0.39 is 0 Å². The van der Waals surface area contributed by atoms with Crippen LogP contribution in [0.2, 0.25) is 5.02 Å². The molecule has 0 aliphatic rings. The molecular weight excluding hydrogens is 377 g/mol. The Hall–Kier alpha value is -1.61. The first kappa shape index (κ1) is 21.4. The molecule has 2 aromatic carbocycles. The van der Waals surface area contributed by atoms with Crippen molar-refractivity contribution in [1.29, 1.82) is 5.39 Å². The third kappa shape index (κ3) is 6.00. The minimum absolute atomic E-state index is 0. The third-order valence-electron chi connectivity index (χ3n) is 3.66. The monoisotopic (exact) mass is 397 g/mol. The van der Waals surface area contributed by atoms with E-state index in [1.807, 2.05) is 17.8 Å². The van der Waals surface area contributed by atoms with E-state index in [9.17, 15) is 0 Å². The zero-order chi connectivity index (χ0) is 17.4. The van der Waals surface area contributed by atoms with E-state index in [2.05, 4.69) is 41.1 Å². The molecular formula is C18H21Cl2N3OS. The van der Waals surface area contributed by atoms with Crippen molar-refractivity contribution in [3.05, 3.63) is 52.5 Å². The van der Waals surface area contributed by atoms with E-state index in [1.165, 1.54) is 4.90 Å². The Balaban J connectivity index is 0.00000312. The molecule has 134 valence electrons. The Labute approximate surface area is 164 Å². The second-order valence-electron chi connectivity index (χ2n) is 5.17. The van der Waals surface area contributed by atoms with Crippen LogP contribution >= 0.6 is 23.4 Å². The summed E-state index contributed by atoms with van der Waals surface area (Å²) in [6.45, 7) is 3.85. The second kappa shape index (κ2) is 11.1. The van der Waals surface area contributed by atoms with Gasteiger partial charge in [-0.1, -0.05) is 29.8 Å². The predicted molar refractivity (Wildman–Crippen MR) is 102 cm³/mol. The second-order valence-corrected chi connectivity index (χ2v) is 6.75. The average Bonchev–Trinajstić information content (AvgIpc) is 2.62. The van der Waals surface area contributed by atoms with Crippen molar-refractivity contribution in [2.45, 2.75) is 18.2 Å². The van der Waals surface area contributed by atoms with Crippen LogP contribution in [-0.4, -0.2) is 26.0 Å². The molecule has 0 fully saturated rings. The molecule has 0 heterocycles. The Bertz CT molecular complexity index is 707. The van der Waals surface area contributed by atoms with Crippen LogP contribution in [0.4, 0.5) is 11.4 Å². The molecule has 0 saturated heterocycles. The van der Waals surface area contributed by atoms with Gasteiger partial charge in [0.25, 0.3) is 0 Å². The lowest BCUT2D eigenvalue weighted by atomic mass is 10.2. The molecule has 7 heteroatoms. The Kier molecular flexibility index (Phi) is 9.51. The van der Waals surface area contributed by atoms with Crippen LogP contribution in [0.15, 0.2) is 47.4 Å². The average molecular weight is 398 g/mol. The maximum atomic E-state index is 8.98. The zero-order valence-corrected chi connectivity index (χ0v) is 16.6. The molecule has 0 aliphatic carbocycles. The summed E-state index contributed by atoms with van der Waals surface area (Å²) in [5.74, 6) is 1.70. The van der Waals surface area contributed by atoms with E-state index in [1.54, 1.807) is 19.2 Å². The highest BCUT2D eigenvalue weighted by atomic mass is 35.5. The molecule has 0 atom stereocenters. The highest BCUT2D eigenvalue weighted by Gasteiger charge is 2.20. The summed E-state index contributed by atoms with van der Waals surface area (Å²) in [5.41, 5.74) is 1.23. The van der Waals surface area contributed by atoms with Crippen molar-refractivity contribution in [1.82, 2.24) is 0 Å². The Morgan fingerprint density at radius 1 is 1.24 bits per heavy atom. The first-order valence-corrected chi connectivity index (χ1v) is 9.21. The standard InChI is InChI=1S/C18H21ClN3OS.ClH/c1-3-22(10-7-11-24-14-8-5-4-6-9-14)17-12-15(19)16(21-20)13-18(17)23-2;/h4-6,8-9,12-13H,3,7,10-11H2,1-2H3;1H/q+1;/p-1. The zero-order valence-electron chi connectivity index (χ0n) is 14.3. The van der Waals surface area contributed by atoms with Crippen molar-refractivity contribution in [3.8, 4) is 5.75 Å². The van der Waals surface area contributed by atoms with Crippen molar-refractivity contribution in [3.63, 3.8) is 0 Å². The maximum absolute atomic E-state index is 8.98. The van der Waals surface area contributed by atoms with Gasteiger partial charge in [-0.3, -0.25) is 0 Å². The smallest absolute Gasteiger partial charge is 0.407 e. The minimum atomic E-state index is 0. The quantitative estimate of drug-likeness (QED) is 0.390. The molecule has 0 unspecified atom stereocenters. The molecule has 2 rings (SSSR count). The largest absolute Gasteiger partial charge is 1.00 e. The fourth-order valence-corrected chi connectivity index (χ4v) is 3.48. The molecule has 0 aliphatic heterocycles. The summed E-state index contributed by atoms with van der Waals surface area (Å²) >= 11 is 8.02. The van der Waals surface area contributed by atoms with E-state index in [-0.39, 0.29) is 12.4 Å². The number of nitrogens with zero attached hydrogens (tertiary/aromatic N) is 3. The van der Waals surface area contributed by atoms with Crippen LogP contribution < -0.4 is 22.0 Å². The van der Waals surface area contributed by atoms with Gasteiger partial charge >= 0.3 is 5.69 Å². The topological polar surface area (TPSA) is 40.6 Å². The van der Waals surface area contributed by atoms with Crippen LogP contribution in [0.3, 0.4) is 0 Å². The molecule has 0 amide bonds. The van der Waals surface area contributed by atoms with Gasteiger partial charge < -0.3 is 22.0 Å². The van der Waals surface area contributed by atoms with Gasteiger partial charge in [0.2, 0.25) is 5.39 Å². The number of halogens is 2. The first-order valence-electron chi connectivity index (χ1n) is 7.85. The van der Waals surface area contributed by atoms with Gasteiger partial charge in [0.05, 0.1) is 18.9 Å². The van der Waals surface area contributed by atoms with Gasteiger partial charge in [-0.2, -0.15) is 0 Å². The number of methoxy groups -OCH3 is 1. The number of hydrogen-bond acceptors (Lipinski definition) is 4. The lowest BCUT2D eigenvalue weighted by Gasteiger charge is -2.24. The van der Waals surface area contributed by atoms with Gasteiger partial charge in [-0.05, 0) is 37.3 Å². The van der Waals surface area contributed by atoms with Crippen molar-refractivity contribution in [2.75, 3.05) is 30.9 Å². The Morgan fingerprint density at radius 3 is 2.56 bits per heavy atom. The number of benzene rings is 2. The van der Waals surface area contributed by atoms with Gasteiger partial charge in [-0.25, -0.2) is 0 Å². The van der Waals surface area contributed by atoms with Crippen LogP contribution in [0.5, 0.6) is 5.75 Å². The number of hydrogen-bond donors (Lipinski definition) is 0. The molecule has 25 heavy (non-hydrogen) atoms. The number of rotatable bonds is 8. The highest BCUT2D eigenvalue weighted by molar-refractivity contribution is 7.99. The van der Waals surface area contributed by atoms with E-state index in [0.717, 1.165) is 31.0 Å². The predicted octanol–water partition coefficient (Wildman–Crippen LogP) is 2.85. The lowest BCUT2D eigenvalue weighted by Crippen LogP contribution is -3.00. The first-order chi connectivity index (χ1) is 11.7. The van der Waals surface area contributed by atoms with Gasteiger partial charge in [0, 0.05) is 18.0 Å². The minimum Gasteiger partial charge on any atom is -1.00 e. The summed E-state index contributed by atoms with van der Waals surface area (Å²) in [7, 11) is 1.60.